The molecule has 0 radical (unpaired) electrons. The number of amides is 1. The van der Waals surface area contributed by atoms with Crippen LogP contribution in [0.25, 0.3) is 0 Å². The number of nitrogens with two attached hydrogens (primary N) is 1. The molecule has 0 aromatic heterocycles. The van der Waals surface area contributed by atoms with Crippen LogP contribution in [0.1, 0.15) is 37.3 Å². The van der Waals surface area contributed by atoms with E-state index < -0.39 is 0 Å². The topological polar surface area (TPSA) is 75.4 Å². The minimum absolute atomic E-state index is 0.0360. The van der Waals surface area contributed by atoms with Gasteiger partial charge in [0, 0.05) is 19.0 Å². The highest BCUT2D eigenvalue weighted by atomic mass is 16.3. The maximum atomic E-state index is 11.6. The van der Waals surface area contributed by atoms with Crippen molar-refractivity contribution in [3.05, 3.63) is 35.9 Å². The molecule has 1 fully saturated rings. The van der Waals surface area contributed by atoms with E-state index in [0.717, 1.165) is 18.4 Å². The maximum Gasteiger partial charge on any atom is 0.220 e. The van der Waals surface area contributed by atoms with Gasteiger partial charge in [-0.25, -0.2) is 0 Å². The van der Waals surface area contributed by atoms with E-state index in [-0.39, 0.29) is 18.1 Å². The number of nitrogens with one attached hydrogen (secondary N) is 1. The molecule has 1 aromatic rings. The van der Waals surface area contributed by atoms with Crippen molar-refractivity contribution in [1.29, 1.82) is 0 Å². The van der Waals surface area contributed by atoms with Crippen LogP contribution in [0.4, 0.5) is 0 Å². The molecular formula is C15H22N2O2. The predicted octanol–water partition coefficient (Wildman–Crippen LogP) is 1.35. The second-order valence-corrected chi connectivity index (χ2v) is 5.26. The fraction of sp³-hybridized carbons (Fsp3) is 0.533. The predicted molar refractivity (Wildman–Crippen MR) is 74.3 cm³/mol. The lowest BCUT2D eigenvalue weighted by Gasteiger charge is -2.13. The molecule has 1 aliphatic rings. The van der Waals surface area contributed by atoms with E-state index in [4.69, 9.17) is 5.73 Å². The third-order valence-corrected chi connectivity index (χ3v) is 3.58. The fourth-order valence-corrected chi connectivity index (χ4v) is 2.11. The lowest BCUT2D eigenvalue weighted by molar-refractivity contribution is -0.121. The van der Waals surface area contributed by atoms with Crippen LogP contribution < -0.4 is 11.1 Å². The van der Waals surface area contributed by atoms with Crippen molar-refractivity contribution in [2.75, 3.05) is 6.54 Å². The van der Waals surface area contributed by atoms with Gasteiger partial charge in [-0.3, -0.25) is 4.79 Å². The van der Waals surface area contributed by atoms with E-state index >= 15 is 0 Å². The van der Waals surface area contributed by atoms with Gasteiger partial charge in [-0.05, 0) is 30.7 Å². The van der Waals surface area contributed by atoms with Crippen LogP contribution in [-0.2, 0) is 4.79 Å². The number of rotatable bonds is 7. The molecule has 104 valence electrons. The molecule has 1 aliphatic carbocycles. The van der Waals surface area contributed by atoms with Crippen LogP contribution in [0.2, 0.25) is 0 Å². The summed E-state index contributed by atoms with van der Waals surface area (Å²) < 4.78 is 0. The van der Waals surface area contributed by atoms with Gasteiger partial charge in [-0.15, -0.1) is 0 Å². The average molecular weight is 262 g/mol. The maximum absolute atomic E-state index is 11.6. The molecular weight excluding hydrogens is 240 g/mol. The van der Waals surface area contributed by atoms with Crippen LogP contribution in [0.15, 0.2) is 30.3 Å². The second kappa shape index (κ2) is 6.68. The average Bonchev–Trinajstić information content (AvgIpc) is 3.27. The summed E-state index contributed by atoms with van der Waals surface area (Å²) in [5.41, 5.74) is 7.08. The SMILES string of the molecule is NC(CCC(=O)NCC(O)C1CC1)c1ccccc1. The molecule has 1 amide bonds. The Morgan fingerprint density at radius 1 is 1.37 bits per heavy atom. The molecule has 0 heterocycles. The van der Waals surface area contributed by atoms with Crippen molar-refractivity contribution >= 4 is 5.91 Å². The van der Waals surface area contributed by atoms with Gasteiger partial charge in [0.25, 0.3) is 0 Å². The summed E-state index contributed by atoms with van der Waals surface area (Å²) in [6.07, 6.45) is 2.79. The Labute approximate surface area is 114 Å². The summed E-state index contributed by atoms with van der Waals surface area (Å²) in [7, 11) is 0. The summed E-state index contributed by atoms with van der Waals surface area (Å²) in [4.78, 5) is 11.6. The second-order valence-electron chi connectivity index (χ2n) is 5.26. The van der Waals surface area contributed by atoms with Crippen molar-refractivity contribution < 1.29 is 9.90 Å². The van der Waals surface area contributed by atoms with Gasteiger partial charge in [0.2, 0.25) is 5.91 Å². The standard InChI is InChI=1S/C15H22N2O2/c16-13(11-4-2-1-3-5-11)8-9-15(19)17-10-14(18)12-6-7-12/h1-5,12-14,18H,6-10,16H2,(H,17,19). The Kier molecular flexibility index (Phi) is 4.93. The first-order chi connectivity index (χ1) is 9.16. The van der Waals surface area contributed by atoms with Crippen molar-refractivity contribution in [1.82, 2.24) is 5.32 Å². The zero-order chi connectivity index (χ0) is 13.7. The van der Waals surface area contributed by atoms with Crippen LogP contribution in [-0.4, -0.2) is 23.7 Å². The summed E-state index contributed by atoms with van der Waals surface area (Å²) in [6.45, 7) is 0.365. The normalized spacial score (nSPS) is 17.8. The van der Waals surface area contributed by atoms with E-state index in [0.29, 0.717) is 25.3 Å². The number of hydrogen-bond donors (Lipinski definition) is 3. The smallest absolute Gasteiger partial charge is 0.220 e. The zero-order valence-electron chi connectivity index (χ0n) is 11.1. The molecule has 0 aliphatic heterocycles. The lowest BCUT2D eigenvalue weighted by Crippen LogP contribution is -2.33. The van der Waals surface area contributed by atoms with Crippen LogP contribution in [0.3, 0.4) is 0 Å². The van der Waals surface area contributed by atoms with Crippen molar-refractivity contribution in [3.8, 4) is 0 Å². The monoisotopic (exact) mass is 262 g/mol. The highest BCUT2D eigenvalue weighted by molar-refractivity contribution is 5.75. The molecule has 2 atom stereocenters. The molecule has 1 aromatic carbocycles. The van der Waals surface area contributed by atoms with Crippen molar-refractivity contribution in [2.45, 2.75) is 37.8 Å². The third kappa shape index (κ3) is 4.65. The molecule has 4 N–H and O–H groups in total. The van der Waals surface area contributed by atoms with Gasteiger partial charge >= 0.3 is 0 Å². The van der Waals surface area contributed by atoms with Crippen molar-refractivity contribution in [2.24, 2.45) is 11.7 Å². The first-order valence-electron chi connectivity index (χ1n) is 6.92. The quantitative estimate of drug-likeness (QED) is 0.694. The van der Waals surface area contributed by atoms with Crippen LogP contribution >= 0.6 is 0 Å². The highest BCUT2D eigenvalue weighted by Crippen LogP contribution is 2.32. The van der Waals surface area contributed by atoms with Crippen LogP contribution in [0.5, 0.6) is 0 Å². The number of aliphatic hydroxyl groups is 1. The van der Waals surface area contributed by atoms with E-state index in [1.807, 2.05) is 30.3 Å². The van der Waals surface area contributed by atoms with Gasteiger partial charge in [0.15, 0.2) is 0 Å². The van der Waals surface area contributed by atoms with E-state index in [1.54, 1.807) is 0 Å². The largest absolute Gasteiger partial charge is 0.391 e. The summed E-state index contributed by atoms with van der Waals surface area (Å²) in [5, 5.41) is 12.4. The van der Waals surface area contributed by atoms with Gasteiger partial charge in [-0.1, -0.05) is 30.3 Å². The number of carbonyl (C=O) groups is 1. The number of hydrogen-bond acceptors (Lipinski definition) is 3. The van der Waals surface area contributed by atoms with E-state index in [1.165, 1.54) is 0 Å². The third-order valence-electron chi connectivity index (χ3n) is 3.58. The molecule has 2 rings (SSSR count). The number of benzene rings is 1. The van der Waals surface area contributed by atoms with Gasteiger partial charge in [0.05, 0.1) is 6.10 Å². The summed E-state index contributed by atoms with van der Waals surface area (Å²) >= 11 is 0. The van der Waals surface area contributed by atoms with Crippen molar-refractivity contribution in [3.63, 3.8) is 0 Å². The molecule has 0 spiro atoms. The molecule has 0 saturated heterocycles. The summed E-state index contributed by atoms with van der Waals surface area (Å²) in [6, 6.07) is 9.67. The first kappa shape index (κ1) is 14.0. The van der Waals surface area contributed by atoms with Gasteiger partial charge in [-0.2, -0.15) is 0 Å². The Morgan fingerprint density at radius 3 is 2.68 bits per heavy atom. The van der Waals surface area contributed by atoms with Crippen LogP contribution in [0, 0.1) is 5.92 Å². The Balaban J connectivity index is 1.65. The minimum Gasteiger partial charge on any atom is -0.391 e. The van der Waals surface area contributed by atoms with Gasteiger partial charge < -0.3 is 16.2 Å². The minimum atomic E-state index is -0.383. The Hall–Kier alpha value is -1.39. The highest BCUT2D eigenvalue weighted by Gasteiger charge is 2.29. The summed E-state index contributed by atoms with van der Waals surface area (Å²) in [5.74, 6) is 0.359. The zero-order valence-corrected chi connectivity index (χ0v) is 11.1. The Morgan fingerprint density at radius 2 is 2.05 bits per heavy atom. The molecule has 0 bridgehead atoms. The lowest BCUT2D eigenvalue weighted by atomic mass is 10.0. The first-order valence-corrected chi connectivity index (χ1v) is 6.92. The molecule has 4 nitrogen and oxygen atoms in total. The number of aliphatic hydroxyl groups excluding tert-OH is 1. The van der Waals surface area contributed by atoms with Gasteiger partial charge in [0.1, 0.15) is 0 Å². The Bertz CT molecular complexity index is 404. The fourth-order valence-electron chi connectivity index (χ4n) is 2.11. The molecule has 2 unspecified atom stereocenters. The molecule has 4 heteroatoms. The number of carbonyl (C=O) groups excluding carboxylic acids is 1. The van der Waals surface area contributed by atoms with E-state index in [9.17, 15) is 9.90 Å². The van der Waals surface area contributed by atoms with E-state index in [2.05, 4.69) is 5.32 Å². The molecule has 1 saturated carbocycles. The molecule has 19 heavy (non-hydrogen) atoms.